The third-order valence-corrected chi connectivity index (χ3v) is 5.66. The number of thioether (sulfide) groups is 1. The van der Waals surface area contributed by atoms with E-state index in [0.717, 1.165) is 5.75 Å². The lowest BCUT2D eigenvalue weighted by Crippen LogP contribution is -2.51. The van der Waals surface area contributed by atoms with Crippen LogP contribution in [0.25, 0.3) is 11.0 Å². The lowest BCUT2D eigenvalue weighted by atomic mass is 10.0. The van der Waals surface area contributed by atoms with Gasteiger partial charge in [-0.3, -0.25) is 19.0 Å². The van der Waals surface area contributed by atoms with Crippen molar-refractivity contribution in [2.24, 2.45) is 0 Å². The number of hydrogen-bond acceptors (Lipinski definition) is 6. The molecule has 2 amide bonds. The second-order valence-corrected chi connectivity index (χ2v) is 7.91. The summed E-state index contributed by atoms with van der Waals surface area (Å²) in [5, 5.41) is 3.27. The van der Waals surface area contributed by atoms with Gasteiger partial charge in [0.25, 0.3) is 5.56 Å². The lowest BCUT2D eigenvalue weighted by Gasteiger charge is -2.35. The maximum atomic E-state index is 12.8. The zero-order chi connectivity index (χ0) is 20.1. The number of carbonyl (C=O) groups excluding carboxylic acids is 2. The Morgan fingerprint density at radius 2 is 2.07 bits per heavy atom. The summed E-state index contributed by atoms with van der Waals surface area (Å²) in [4.78, 5) is 47.2. The molecular formula is C19H25N5O3S. The van der Waals surface area contributed by atoms with E-state index < -0.39 is 6.04 Å². The molecule has 2 aromatic heterocycles. The molecule has 1 aliphatic rings. The van der Waals surface area contributed by atoms with Crippen molar-refractivity contribution >= 4 is 34.6 Å². The van der Waals surface area contributed by atoms with Gasteiger partial charge in [-0.25, -0.2) is 9.97 Å². The highest BCUT2D eigenvalue weighted by Crippen LogP contribution is 2.22. The number of pyridine rings is 1. The average Bonchev–Trinajstić information content (AvgIpc) is 2.71. The van der Waals surface area contributed by atoms with Crippen LogP contribution in [-0.2, 0) is 9.59 Å². The Morgan fingerprint density at radius 3 is 2.75 bits per heavy atom. The zero-order valence-corrected chi connectivity index (χ0v) is 16.9. The van der Waals surface area contributed by atoms with Gasteiger partial charge < -0.3 is 10.2 Å². The fourth-order valence-corrected chi connectivity index (χ4v) is 4.03. The van der Waals surface area contributed by atoms with Crippen LogP contribution in [0.2, 0.25) is 0 Å². The van der Waals surface area contributed by atoms with Crippen LogP contribution < -0.4 is 10.9 Å². The van der Waals surface area contributed by atoms with E-state index in [1.54, 1.807) is 45.9 Å². The first-order valence-corrected chi connectivity index (χ1v) is 10.8. The van der Waals surface area contributed by atoms with Crippen molar-refractivity contribution in [3.05, 3.63) is 35.0 Å². The van der Waals surface area contributed by atoms with Crippen molar-refractivity contribution in [1.82, 2.24) is 24.8 Å². The summed E-state index contributed by atoms with van der Waals surface area (Å²) in [6, 6.07) is 2.97. The van der Waals surface area contributed by atoms with Crippen molar-refractivity contribution < 1.29 is 9.59 Å². The molecule has 8 nitrogen and oxygen atoms in total. The molecule has 0 spiro atoms. The third-order valence-electron chi connectivity index (χ3n) is 5.01. The maximum absolute atomic E-state index is 12.8. The van der Waals surface area contributed by atoms with Gasteiger partial charge in [0, 0.05) is 32.3 Å². The Kier molecular flexibility index (Phi) is 6.66. The van der Waals surface area contributed by atoms with E-state index >= 15 is 0 Å². The van der Waals surface area contributed by atoms with Crippen LogP contribution in [0.3, 0.4) is 0 Å². The number of nitrogens with zero attached hydrogens (tertiary/aromatic N) is 4. The van der Waals surface area contributed by atoms with E-state index in [9.17, 15) is 14.4 Å². The summed E-state index contributed by atoms with van der Waals surface area (Å²) < 4.78 is 1.66. The number of likely N-dealkylation sites (tertiary alicyclic amines) is 1. The Balaban J connectivity index is 1.68. The van der Waals surface area contributed by atoms with E-state index in [1.807, 2.05) is 6.26 Å². The van der Waals surface area contributed by atoms with Crippen LogP contribution >= 0.6 is 11.8 Å². The van der Waals surface area contributed by atoms with Crippen LogP contribution in [0, 0.1) is 0 Å². The highest BCUT2D eigenvalue weighted by molar-refractivity contribution is 7.98. The molecule has 1 saturated heterocycles. The van der Waals surface area contributed by atoms with Crippen LogP contribution in [0.4, 0.5) is 0 Å². The molecule has 0 aromatic carbocycles. The summed E-state index contributed by atoms with van der Waals surface area (Å²) in [5.41, 5.74) is 0.349. The standard InChI is InChI=1S/C19H25N5O3S/c1-13(25)22-16(7-11-28-2)19(27)23-9-5-14(6-10-23)24-12-21-17-15(18(24)26)4-3-8-20-17/h3-4,8,12,14,16H,5-7,9-11H2,1-2H3,(H,22,25)/t16-/m0/s1. The normalized spacial score (nSPS) is 16.1. The molecule has 0 radical (unpaired) electrons. The number of nitrogens with one attached hydrogen (secondary N) is 1. The molecule has 9 heteroatoms. The Labute approximate surface area is 167 Å². The highest BCUT2D eigenvalue weighted by Gasteiger charge is 2.29. The van der Waals surface area contributed by atoms with Crippen molar-refractivity contribution in [2.45, 2.75) is 38.3 Å². The number of fused-ring (bicyclic) bond motifs is 1. The minimum atomic E-state index is -0.488. The molecule has 28 heavy (non-hydrogen) atoms. The number of rotatable bonds is 6. The average molecular weight is 404 g/mol. The van der Waals surface area contributed by atoms with Gasteiger partial charge in [-0.15, -0.1) is 0 Å². The van der Waals surface area contributed by atoms with Crippen molar-refractivity contribution in [2.75, 3.05) is 25.1 Å². The molecular weight excluding hydrogens is 378 g/mol. The molecule has 1 fully saturated rings. The number of aromatic nitrogens is 3. The Bertz CT molecular complexity index is 908. The number of carbonyl (C=O) groups is 2. The molecule has 1 atom stereocenters. The van der Waals surface area contributed by atoms with Crippen LogP contribution in [0.15, 0.2) is 29.5 Å². The number of piperidine rings is 1. The van der Waals surface area contributed by atoms with Gasteiger partial charge in [0.2, 0.25) is 11.8 Å². The summed E-state index contributed by atoms with van der Waals surface area (Å²) in [6.45, 7) is 2.53. The molecule has 1 N–H and O–H groups in total. The fourth-order valence-electron chi connectivity index (χ4n) is 3.56. The van der Waals surface area contributed by atoms with Gasteiger partial charge in [-0.05, 0) is 43.4 Å². The summed E-state index contributed by atoms with van der Waals surface area (Å²) in [5.74, 6) is 0.562. The number of amides is 2. The van der Waals surface area contributed by atoms with E-state index in [4.69, 9.17) is 0 Å². The minimum absolute atomic E-state index is 0.000861. The monoisotopic (exact) mass is 403 g/mol. The molecule has 150 valence electrons. The molecule has 0 unspecified atom stereocenters. The summed E-state index contributed by atoms with van der Waals surface area (Å²) in [6.07, 6.45) is 7.11. The first kappa shape index (κ1) is 20.3. The van der Waals surface area contributed by atoms with Crippen LogP contribution in [0.1, 0.15) is 32.2 Å². The third kappa shape index (κ3) is 4.52. The fraction of sp³-hybridized carbons (Fsp3) is 0.526. The zero-order valence-electron chi connectivity index (χ0n) is 16.1. The lowest BCUT2D eigenvalue weighted by molar-refractivity contribution is -0.137. The van der Waals surface area contributed by atoms with E-state index in [1.165, 1.54) is 6.92 Å². The summed E-state index contributed by atoms with van der Waals surface area (Å²) in [7, 11) is 0. The van der Waals surface area contributed by atoms with Crippen molar-refractivity contribution in [1.29, 1.82) is 0 Å². The molecule has 3 heterocycles. The second kappa shape index (κ2) is 9.18. The minimum Gasteiger partial charge on any atom is -0.345 e. The first-order chi connectivity index (χ1) is 13.5. The molecule has 1 aliphatic heterocycles. The number of hydrogen-bond donors (Lipinski definition) is 1. The molecule has 0 saturated carbocycles. The molecule has 3 rings (SSSR count). The van der Waals surface area contributed by atoms with Gasteiger partial charge in [-0.1, -0.05) is 0 Å². The Hall–Kier alpha value is -2.42. The smallest absolute Gasteiger partial charge is 0.263 e. The quantitative estimate of drug-likeness (QED) is 0.779. The molecule has 0 aliphatic carbocycles. The van der Waals surface area contributed by atoms with Crippen LogP contribution in [0.5, 0.6) is 0 Å². The van der Waals surface area contributed by atoms with Crippen molar-refractivity contribution in [3.63, 3.8) is 0 Å². The second-order valence-electron chi connectivity index (χ2n) is 6.92. The van der Waals surface area contributed by atoms with E-state index in [0.29, 0.717) is 43.4 Å². The van der Waals surface area contributed by atoms with Gasteiger partial charge in [-0.2, -0.15) is 11.8 Å². The summed E-state index contributed by atoms with van der Waals surface area (Å²) >= 11 is 1.65. The van der Waals surface area contributed by atoms with Crippen LogP contribution in [-0.4, -0.2) is 62.4 Å². The highest BCUT2D eigenvalue weighted by atomic mass is 32.2. The predicted octanol–water partition coefficient (Wildman–Crippen LogP) is 1.21. The van der Waals surface area contributed by atoms with Crippen molar-refractivity contribution in [3.8, 4) is 0 Å². The van der Waals surface area contributed by atoms with Gasteiger partial charge in [0.1, 0.15) is 12.4 Å². The topological polar surface area (TPSA) is 97.2 Å². The molecule has 0 bridgehead atoms. The molecule has 2 aromatic rings. The van der Waals surface area contributed by atoms with E-state index in [-0.39, 0.29) is 23.4 Å². The SMILES string of the molecule is CSCC[C@H](NC(C)=O)C(=O)N1CCC(n2cnc3ncccc3c2=O)CC1. The predicted molar refractivity (Wildman–Crippen MR) is 109 cm³/mol. The first-order valence-electron chi connectivity index (χ1n) is 9.38. The van der Waals surface area contributed by atoms with Gasteiger partial charge >= 0.3 is 0 Å². The maximum Gasteiger partial charge on any atom is 0.263 e. The van der Waals surface area contributed by atoms with E-state index in [2.05, 4.69) is 15.3 Å². The Morgan fingerprint density at radius 1 is 1.32 bits per heavy atom. The van der Waals surface area contributed by atoms with Gasteiger partial charge in [0.15, 0.2) is 5.65 Å². The largest absolute Gasteiger partial charge is 0.345 e. The van der Waals surface area contributed by atoms with Gasteiger partial charge in [0.05, 0.1) is 5.39 Å².